The molecule has 8 rings (SSSR count). The van der Waals surface area contributed by atoms with Crippen LogP contribution in [0.3, 0.4) is 0 Å². The van der Waals surface area contributed by atoms with Crippen molar-refractivity contribution in [2.45, 2.75) is 153 Å². The fraction of sp³-hybridized carbons (Fsp3) is 0.441. The summed E-state index contributed by atoms with van der Waals surface area (Å²) in [6, 6.07) is 44.2. The Kier molecular flexibility index (Phi) is 24.3. The minimum Gasteiger partial charge on any atom is -0.392 e. The molecule has 2 aliphatic rings. The van der Waals surface area contributed by atoms with Gasteiger partial charge in [-0.3, -0.25) is 9.59 Å². The van der Waals surface area contributed by atoms with Gasteiger partial charge in [0.25, 0.3) is 0 Å². The number of likely N-dealkylation sites (tertiary alicyclic amines) is 1. The highest BCUT2D eigenvalue weighted by Gasteiger charge is 2.39. The minimum atomic E-state index is -0.710. The second-order valence-corrected chi connectivity index (χ2v) is 24.5. The third kappa shape index (κ3) is 20.9. The molecule has 0 saturated carbocycles. The highest BCUT2D eigenvalue weighted by molar-refractivity contribution is 6.63. The number of nitrogens with zero attached hydrogens (tertiary/aromatic N) is 1. The number of piperidine rings is 2. The molecular weight excluding hydrogens is 1050 g/mol. The van der Waals surface area contributed by atoms with E-state index in [1.807, 2.05) is 65.6 Å². The topological polar surface area (TPSA) is 114 Å². The maximum absolute atomic E-state index is 13.6. The van der Waals surface area contributed by atoms with Gasteiger partial charge in [0.2, 0.25) is 11.1 Å². The van der Waals surface area contributed by atoms with Crippen LogP contribution in [0.2, 0.25) is 0 Å². The molecule has 2 saturated heterocycles. The molecule has 0 bridgehead atoms. The number of amides is 1. The van der Waals surface area contributed by atoms with Crippen LogP contribution in [-0.2, 0) is 57.2 Å². The van der Waals surface area contributed by atoms with Gasteiger partial charge in [-0.05, 0) is 162 Å². The average molecular weight is 1130 g/mol. The number of benzene rings is 6. The molecule has 2 aliphatic heterocycles. The van der Waals surface area contributed by atoms with E-state index in [0.717, 1.165) is 74.0 Å². The molecule has 4 unspecified atom stereocenters. The number of carbonyl (C=O) groups excluding carboxylic acids is 2. The van der Waals surface area contributed by atoms with Crippen molar-refractivity contribution in [3.63, 3.8) is 0 Å². The molecule has 0 spiro atoms. The highest BCUT2D eigenvalue weighted by atomic mass is 35.5. The van der Waals surface area contributed by atoms with Gasteiger partial charge < -0.3 is 31.1 Å². The number of aryl methyl sites for hydroxylation is 4. The number of aliphatic hydroxyl groups is 2. The molecule has 0 aromatic heterocycles. The van der Waals surface area contributed by atoms with Gasteiger partial charge in [0, 0.05) is 57.7 Å². The van der Waals surface area contributed by atoms with Gasteiger partial charge >= 0.3 is 0 Å². The number of rotatable bonds is 20. The van der Waals surface area contributed by atoms with Crippen molar-refractivity contribution < 1.29 is 37.4 Å². The van der Waals surface area contributed by atoms with Crippen LogP contribution in [0.1, 0.15) is 137 Å². The molecule has 4 atom stereocenters. The van der Waals surface area contributed by atoms with E-state index in [-0.39, 0.29) is 27.5 Å². The van der Waals surface area contributed by atoms with Crippen LogP contribution < -0.4 is 16.0 Å². The quantitative estimate of drug-likeness (QED) is 0.0382. The zero-order chi connectivity index (χ0) is 58.6. The third-order valence-corrected chi connectivity index (χ3v) is 15.6. The molecule has 6 aromatic rings. The summed E-state index contributed by atoms with van der Waals surface area (Å²) in [5.74, 6) is -2.25. The van der Waals surface area contributed by atoms with Crippen LogP contribution in [-0.4, -0.2) is 77.7 Å². The van der Waals surface area contributed by atoms with Crippen molar-refractivity contribution in [1.29, 1.82) is 0 Å². The van der Waals surface area contributed by atoms with Crippen molar-refractivity contribution in [2.24, 2.45) is 0 Å². The van der Waals surface area contributed by atoms with Crippen LogP contribution in [0.15, 0.2) is 146 Å². The lowest BCUT2D eigenvalue weighted by molar-refractivity contribution is -0.133. The lowest BCUT2D eigenvalue weighted by atomic mass is 9.78. The fourth-order valence-corrected chi connectivity index (χ4v) is 10.8. The molecule has 0 aliphatic carbocycles. The maximum atomic E-state index is 13.6. The van der Waals surface area contributed by atoms with Gasteiger partial charge in [0.1, 0.15) is 23.3 Å². The lowest BCUT2D eigenvalue weighted by Gasteiger charge is -2.45. The van der Waals surface area contributed by atoms with Crippen LogP contribution in [0.25, 0.3) is 0 Å². The summed E-state index contributed by atoms with van der Waals surface area (Å²) in [6.07, 6.45) is 6.37. The first-order chi connectivity index (χ1) is 38.5. The Balaban J connectivity index is 0.000000225. The highest BCUT2D eigenvalue weighted by Crippen LogP contribution is 2.36. The Labute approximate surface area is 484 Å². The smallest absolute Gasteiger partial charge is 0.222 e. The van der Waals surface area contributed by atoms with E-state index in [9.17, 15) is 37.4 Å². The summed E-state index contributed by atoms with van der Waals surface area (Å²) >= 11 is 5.19. The third-order valence-electron chi connectivity index (χ3n) is 15.4. The molecule has 2 heterocycles. The molecule has 0 radical (unpaired) electrons. The first-order valence-electron chi connectivity index (χ1n) is 28.7. The standard InChI is InChI=1S/C34H42F2N2O2.C25H34F2N2O.C9H9ClO/c1-33(2,3)27-11-7-12-28(21-27)34(37-23-31(39)15-13-26-19-29(35)22-30(36)20-26)17-8-18-38(24-34)32(40)16-14-25-9-5-4-6-10-25;1-24(2,3)19-6-4-7-20(14-19)25(10-5-11-28-17-25)29-16-23(30)9-8-18-12-21(26)15-22(27)13-18;10-9(11)7-6-8-4-2-1-3-5-8/h4-7,9-12,19-22,31,37,39H,8,13-18,23-24H2,1-3H3;4,6-7,12-15,23,28-30H,5,8-11,16-17H2,1-3H3;1-5H,6-7H2. The normalized spacial score (nSPS) is 18.2. The second-order valence-electron chi connectivity index (χ2n) is 24.1. The van der Waals surface area contributed by atoms with Crippen LogP contribution in [0.5, 0.6) is 0 Å². The number of aliphatic hydroxyl groups excluding tert-OH is 2. The predicted molar refractivity (Wildman–Crippen MR) is 319 cm³/mol. The molecule has 2 fully saturated rings. The van der Waals surface area contributed by atoms with Gasteiger partial charge in [-0.2, -0.15) is 0 Å². The number of hydrogen-bond acceptors (Lipinski definition) is 7. The van der Waals surface area contributed by atoms with Crippen LogP contribution in [0.4, 0.5) is 17.6 Å². The summed E-state index contributed by atoms with van der Waals surface area (Å²) in [5.41, 5.74) is 7.55. The van der Waals surface area contributed by atoms with E-state index in [1.54, 1.807) is 0 Å². The van der Waals surface area contributed by atoms with Crippen molar-refractivity contribution in [3.05, 3.63) is 213 Å². The Morgan fingerprint density at radius 3 is 1.46 bits per heavy atom. The molecule has 81 heavy (non-hydrogen) atoms. The molecule has 13 heteroatoms. The molecule has 436 valence electrons. The van der Waals surface area contributed by atoms with E-state index >= 15 is 0 Å². The van der Waals surface area contributed by atoms with Crippen LogP contribution >= 0.6 is 11.6 Å². The first-order valence-corrected chi connectivity index (χ1v) is 29.1. The Bertz CT molecular complexity index is 2870. The second kappa shape index (κ2) is 30.5. The summed E-state index contributed by atoms with van der Waals surface area (Å²) in [4.78, 5) is 25.7. The SMILES string of the molecule is CC(C)(C)c1cccc(C2(NCC(O)CCc3cc(F)cc(F)c3)CCCN(C(=O)CCc3ccccc3)C2)c1.CC(C)(C)c1cccc(C2(NCC(O)CCc3cc(F)cc(F)c3)CCCNC2)c1.O=C(Cl)CCc1ccccc1. The Morgan fingerprint density at radius 2 is 1.01 bits per heavy atom. The van der Waals surface area contributed by atoms with Gasteiger partial charge in [-0.1, -0.05) is 151 Å². The summed E-state index contributed by atoms with van der Waals surface area (Å²) in [7, 11) is 0. The number of carbonyl (C=O) groups is 2. The fourth-order valence-electron chi connectivity index (χ4n) is 10.7. The van der Waals surface area contributed by atoms with Crippen molar-refractivity contribution in [3.8, 4) is 0 Å². The molecule has 6 aromatic carbocycles. The molecular formula is C68H85ClF4N4O4. The van der Waals surface area contributed by atoms with E-state index in [4.69, 9.17) is 11.6 Å². The predicted octanol–water partition coefficient (Wildman–Crippen LogP) is 13.1. The van der Waals surface area contributed by atoms with Crippen molar-refractivity contribution in [2.75, 3.05) is 39.3 Å². The van der Waals surface area contributed by atoms with Crippen LogP contribution in [0, 0.1) is 23.3 Å². The number of nitrogens with one attached hydrogen (secondary N) is 3. The van der Waals surface area contributed by atoms with Crippen molar-refractivity contribution in [1.82, 2.24) is 20.9 Å². The zero-order valence-corrected chi connectivity index (χ0v) is 49.0. The molecule has 1 amide bonds. The largest absolute Gasteiger partial charge is 0.392 e. The summed E-state index contributed by atoms with van der Waals surface area (Å²) < 4.78 is 54.0. The molecule has 8 nitrogen and oxygen atoms in total. The van der Waals surface area contributed by atoms with Gasteiger partial charge in [-0.15, -0.1) is 0 Å². The maximum Gasteiger partial charge on any atom is 0.222 e. The van der Waals surface area contributed by atoms with Gasteiger partial charge in [0.15, 0.2) is 0 Å². The number of halogens is 5. The Morgan fingerprint density at radius 1 is 0.568 bits per heavy atom. The Hall–Kier alpha value is -5.73. The monoisotopic (exact) mass is 1130 g/mol. The summed E-state index contributed by atoms with van der Waals surface area (Å²) in [5, 5.41) is 31.9. The summed E-state index contributed by atoms with van der Waals surface area (Å²) in [6.45, 7) is 17.0. The first kappa shape index (κ1) is 64.4. The zero-order valence-electron chi connectivity index (χ0n) is 48.3. The van der Waals surface area contributed by atoms with E-state index in [0.29, 0.717) is 82.3 Å². The van der Waals surface area contributed by atoms with Gasteiger partial charge in [-0.25, -0.2) is 17.6 Å². The van der Waals surface area contributed by atoms with E-state index in [1.165, 1.54) is 41.0 Å². The lowest BCUT2D eigenvalue weighted by Crippen LogP contribution is -2.57. The van der Waals surface area contributed by atoms with E-state index < -0.39 is 41.0 Å². The van der Waals surface area contributed by atoms with E-state index in [2.05, 4.69) is 106 Å². The van der Waals surface area contributed by atoms with Gasteiger partial charge in [0.05, 0.1) is 23.3 Å². The number of hydrogen-bond donors (Lipinski definition) is 5. The molecule has 5 N–H and O–H groups in total. The minimum absolute atomic E-state index is 0.0310. The van der Waals surface area contributed by atoms with Crippen molar-refractivity contribution >= 4 is 22.8 Å². The average Bonchev–Trinajstić information content (AvgIpc) is 3.65.